The first-order valence-electron chi connectivity index (χ1n) is 6.48. The fourth-order valence-electron chi connectivity index (χ4n) is 2.29. The molecular formula is C14H30N2. The van der Waals surface area contributed by atoms with E-state index >= 15 is 0 Å². The average Bonchev–Trinajstić information content (AvgIpc) is 2.21. The van der Waals surface area contributed by atoms with Gasteiger partial charge in [0.15, 0.2) is 0 Å². The molecule has 0 aromatic carbocycles. The van der Waals surface area contributed by atoms with E-state index in [0.717, 1.165) is 6.42 Å². The molecule has 0 aliphatic rings. The molecule has 16 heavy (non-hydrogen) atoms. The minimum absolute atomic E-state index is 0.638. The Morgan fingerprint density at radius 3 is 1.88 bits per heavy atom. The maximum Gasteiger partial charge on any atom is 0.0248 e. The lowest BCUT2D eigenvalue weighted by molar-refractivity contribution is 0.134. The van der Waals surface area contributed by atoms with Crippen LogP contribution in [-0.2, 0) is 0 Å². The molecule has 0 saturated heterocycles. The standard InChI is InChI=1S/C14H30N2/c1-7-9-11-13(15(3)4)14(16(5)6)12-10-8-2/h7,13-14H,1,8-12H2,2-6H3. The fourth-order valence-corrected chi connectivity index (χ4v) is 2.29. The van der Waals surface area contributed by atoms with E-state index in [1.165, 1.54) is 25.7 Å². The van der Waals surface area contributed by atoms with Gasteiger partial charge in [0.1, 0.15) is 0 Å². The lowest BCUT2D eigenvalue weighted by Gasteiger charge is -2.36. The number of hydrogen-bond acceptors (Lipinski definition) is 2. The monoisotopic (exact) mass is 226 g/mol. The van der Waals surface area contributed by atoms with Crippen molar-refractivity contribution in [2.45, 2.75) is 51.1 Å². The molecule has 0 amide bonds. The van der Waals surface area contributed by atoms with Crippen LogP contribution in [-0.4, -0.2) is 50.1 Å². The van der Waals surface area contributed by atoms with E-state index < -0.39 is 0 Å². The molecule has 0 fully saturated rings. The molecule has 2 unspecified atom stereocenters. The van der Waals surface area contributed by atoms with Gasteiger partial charge in [-0.3, -0.25) is 0 Å². The highest BCUT2D eigenvalue weighted by atomic mass is 15.2. The van der Waals surface area contributed by atoms with E-state index in [1.54, 1.807) is 0 Å². The van der Waals surface area contributed by atoms with Crippen LogP contribution in [0.4, 0.5) is 0 Å². The average molecular weight is 226 g/mol. The van der Waals surface area contributed by atoms with Gasteiger partial charge >= 0.3 is 0 Å². The topological polar surface area (TPSA) is 6.48 Å². The molecule has 0 bridgehead atoms. The maximum atomic E-state index is 3.83. The maximum absolute atomic E-state index is 3.83. The second kappa shape index (κ2) is 8.77. The summed E-state index contributed by atoms with van der Waals surface area (Å²) in [6.45, 7) is 6.09. The van der Waals surface area contributed by atoms with Crippen LogP contribution in [0.25, 0.3) is 0 Å². The predicted octanol–water partition coefficient (Wildman–Crippen LogP) is 3.00. The Morgan fingerprint density at radius 1 is 1.00 bits per heavy atom. The highest BCUT2D eigenvalue weighted by Gasteiger charge is 2.23. The Kier molecular flexibility index (Phi) is 8.58. The van der Waals surface area contributed by atoms with Crippen molar-refractivity contribution in [2.24, 2.45) is 0 Å². The second-order valence-electron chi connectivity index (χ2n) is 5.07. The quantitative estimate of drug-likeness (QED) is 0.558. The molecule has 0 aromatic rings. The molecule has 0 heterocycles. The second-order valence-corrected chi connectivity index (χ2v) is 5.07. The highest BCUT2D eigenvalue weighted by molar-refractivity contribution is 4.84. The molecular weight excluding hydrogens is 196 g/mol. The zero-order chi connectivity index (χ0) is 12.6. The minimum Gasteiger partial charge on any atom is -0.305 e. The molecule has 0 aromatic heterocycles. The molecule has 0 aliphatic carbocycles. The van der Waals surface area contributed by atoms with Gasteiger partial charge in [-0.05, 0) is 47.5 Å². The predicted molar refractivity (Wildman–Crippen MR) is 73.9 cm³/mol. The molecule has 2 atom stereocenters. The summed E-state index contributed by atoms with van der Waals surface area (Å²) in [6, 6.07) is 1.30. The first kappa shape index (κ1) is 15.7. The summed E-state index contributed by atoms with van der Waals surface area (Å²) in [5.74, 6) is 0. The van der Waals surface area contributed by atoms with Crippen molar-refractivity contribution in [3.8, 4) is 0 Å². The Morgan fingerprint density at radius 2 is 1.50 bits per heavy atom. The van der Waals surface area contributed by atoms with Crippen LogP contribution in [0.15, 0.2) is 12.7 Å². The van der Waals surface area contributed by atoms with Crippen molar-refractivity contribution in [1.82, 2.24) is 9.80 Å². The number of unbranched alkanes of at least 4 members (excludes halogenated alkanes) is 1. The summed E-state index contributed by atoms with van der Waals surface area (Å²) < 4.78 is 0. The first-order chi connectivity index (χ1) is 7.54. The summed E-state index contributed by atoms with van der Waals surface area (Å²) in [4.78, 5) is 4.74. The van der Waals surface area contributed by atoms with Gasteiger partial charge in [-0.15, -0.1) is 6.58 Å². The van der Waals surface area contributed by atoms with Gasteiger partial charge in [-0.1, -0.05) is 25.8 Å². The van der Waals surface area contributed by atoms with Crippen LogP contribution in [0.3, 0.4) is 0 Å². The third kappa shape index (κ3) is 5.66. The minimum atomic E-state index is 0.638. The van der Waals surface area contributed by atoms with E-state index in [-0.39, 0.29) is 0 Å². The van der Waals surface area contributed by atoms with Crippen LogP contribution >= 0.6 is 0 Å². The third-order valence-corrected chi connectivity index (χ3v) is 3.29. The Hall–Kier alpha value is -0.340. The van der Waals surface area contributed by atoms with Gasteiger partial charge < -0.3 is 9.80 Å². The molecule has 0 rings (SSSR count). The van der Waals surface area contributed by atoms with Crippen LogP contribution < -0.4 is 0 Å². The molecule has 96 valence electrons. The van der Waals surface area contributed by atoms with E-state index in [1.807, 2.05) is 6.08 Å². The van der Waals surface area contributed by atoms with Crippen LogP contribution in [0.5, 0.6) is 0 Å². The van der Waals surface area contributed by atoms with Gasteiger partial charge in [0.05, 0.1) is 0 Å². The van der Waals surface area contributed by atoms with Crippen molar-refractivity contribution < 1.29 is 0 Å². The summed E-state index contributed by atoms with van der Waals surface area (Å²) in [5, 5.41) is 0. The van der Waals surface area contributed by atoms with Gasteiger partial charge in [0.25, 0.3) is 0 Å². The molecule has 0 saturated carbocycles. The number of hydrogen-bond donors (Lipinski definition) is 0. The zero-order valence-electron chi connectivity index (χ0n) is 11.9. The summed E-state index contributed by atoms with van der Waals surface area (Å²) in [5.41, 5.74) is 0. The largest absolute Gasteiger partial charge is 0.305 e. The van der Waals surface area contributed by atoms with Crippen LogP contribution in [0.2, 0.25) is 0 Å². The van der Waals surface area contributed by atoms with Gasteiger partial charge in [-0.2, -0.15) is 0 Å². The first-order valence-corrected chi connectivity index (χ1v) is 6.48. The van der Waals surface area contributed by atoms with Crippen molar-refractivity contribution in [2.75, 3.05) is 28.2 Å². The van der Waals surface area contributed by atoms with E-state index in [9.17, 15) is 0 Å². The zero-order valence-corrected chi connectivity index (χ0v) is 11.9. The highest BCUT2D eigenvalue weighted by Crippen LogP contribution is 2.18. The lowest BCUT2D eigenvalue weighted by atomic mass is 9.96. The number of allylic oxidation sites excluding steroid dienone is 1. The summed E-state index contributed by atoms with van der Waals surface area (Å²) in [6.07, 6.45) is 8.25. The lowest BCUT2D eigenvalue weighted by Crippen LogP contribution is -2.46. The van der Waals surface area contributed by atoms with Crippen molar-refractivity contribution in [3.63, 3.8) is 0 Å². The van der Waals surface area contributed by atoms with E-state index in [2.05, 4.69) is 51.5 Å². The molecule has 2 heteroatoms. The SMILES string of the molecule is C=CCCC(C(CCCC)N(C)C)N(C)C. The molecule has 2 nitrogen and oxygen atoms in total. The van der Waals surface area contributed by atoms with Gasteiger partial charge in [-0.25, -0.2) is 0 Å². The Bertz CT molecular complexity index is 176. The van der Waals surface area contributed by atoms with E-state index in [0.29, 0.717) is 12.1 Å². The van der Waals surface area contributed by atoms with Gasteiger partial charge in [0, 0.05) is 12.1 Å². The van der Waals surface area contributed by atoms with E-state index in [4.69, 9.17) is 0 Å². The van der Waals surface area contributed by atoms with Crippen LogP contribution in [0.1, 0.15) is 39.0 Å². The fraction of sp³-hybridized carbons (Fsp3) is 0.857. The Labute approximate surface area is 102 Å². The van der Waals surface area contributed by atoms with Crippen molar-refractivity contribution in [3.05, 3.63) is 12.7 Å². The number of rotatable bonds is 9. The summed E-state index contributed by atoms with van der Waals surface area (Å²) in [7, 11) is 8.78. The molecule has 0 aliphatic heterocycles. The van der Waals surface area contributed by atoms with Gasteiger partial charge in [0.2, 0.25) is 0 Å². The van der Waals surface area contributed by atoms with Crippen LogP contribution in [0, 0.1) is 0 Å². The van der Waals surface area contributed by atoms with Crippen molar-refractivity contribution in [1.29, 1.82) is 0 Å². The molecule has 0 N–H and O–H groups in total. The Balaban J connectivity index is 4.45. The molecule has 0 spiro atoms. The third-order valence-electron chi connectivity index (χ3n) is 3.29. The normalized spacial score (nSPS) is 15.4. The number of nitrogens with zero attached hydrogens (tertiary/aromatic N) is 2. The molecule has 0 radical (unpaired) electrons. The number of likely N-dealkylation sites (N-methyl/N-ethyl adjacent to an activating group) is 2. The van der Waals surface area contributed by atoms with Crippen molar-refractivity contribution >= 4 is 0 Å². The summed E-state index contributed by atoms with van der Waals surface area (Å²) >= 11 is 0. The smallest absolute Gasteiger partial charge is 0.0248 e.